The summed E-state index contributed by atoms with van der Waals surface area (Å²) in [6, 6.07) is 8.67. The molecule has 0 aliphatic carbocycles. The number of amides is 3. The van der Waals surface area contributed by atoms with E-state index < -0.39 is 5.91 Å². The average molecular weight is 474 g/mol. The number of carbonyl (C=O) groups is 3. The van der Waals surface area contributed by atoms with Gasteiger partial charge in [0.15, 0.2) is 11.5 Å². The van der Waals surface area contributed by atoms with Gasteiger partial charge in [0, 0.05) is 19.3 Å². The standard InChI is InChI=1S/C22H23N3O5S2/c1-4-30-16-8-7-14(12-17(16)29-2)13-18-21(27)25(22(28)32-18)11-10-23-19(26)15-6-5-9-24-20(15)31-3/h5-9,12-13H,4,10-11H2,1-3H3,(H,23,26). The van der Waals surface area contributed by atoms with Gasteiger partial charge in [-0.15, -0.1) is 11.8 Å². The number of hydrogen-bond donors (Lipinski definition) is 1. The Morgan fingerprint density at radius 3 is 2.81 bits per heavy atom. The van der Waals surface area contributed by atoms with E-state index in [4.69, 9.17) is 9.47 Å². The van der Waals surface area contributed by atoms with Gasteiger partial charge in [-0.1, -0.05) is 6.07 Å². The third-order valence-electron chi connectivity index (χ3n) is 4.49. The highest BCUT2D eigenvalue weighted by atomic mass is 32.2. The lowest BCUT2D eigenvalue weighted by Gasteiger charge is -2.13. The number of nitrogens with one attached hydrogen (secondary N) is 1. The highest BCUT2D eigenvalue weighted by molar-refractivity contribution is 8.18. The third-order valence-corrected chi connectivity index (χ3v) is 6.11. The lowest BCUT2D eigenvalue weighted by Crippen LogP contribution is -2.37. The number of thioether (sulfide) groups is 2. The van der Waals surface area contributed by atoms with Crippen LogP contribution in [0.5, 0.6) is 11.5 Å². The summed E-state index contributed by atoms with van der Waals surface area (Å²) < 4.78 is 10.8. The van der Waals surface area contributed by atoms with Gasteiger partial charge in [0.05, 0.1) is 24.2 Å². The molecule has 2 aromatic rings. The molecule has 8 nitrogen and oxygen atoms in total. The minimum Gasteiger partial charge on any atom is -0.493 e. The summed E-state index contributed by atoms with van der Waals surface area (Å²) in [5, 5.41) is 2.98. The van der Waals surface area contributed by atoms with E-state index in [1.165, 1.54) is 18.9 Å². The molecule has 1 aliphatic heterocycles. The zero-order chi connectivity index (χ0) is 23.1. The predicted molar refractivity (Wildman–Crippen MR) is 125 cm³/mol. The van der Waals surface area contributed by atoms with Crippen molar-refractivity contribution in [3.63, 3.8) is 0 Å². The van der Waals surface area contributed by atoms with Crippen LogP contribution >= 0.6 is 23.5 Å². The fourth-order valence-electron chi connectivity index (χ4n) is 3.00. The van der Waals surface area contributed by atoms with E-state index in [9.17, 15) is 14.4 Å². The molecule has 1 saturated heterocycles. The molecule has 10 heteroatoms. The summed E-state index contributed by atoms with van der Waals surface area (Å²) in [6.45, 7) is 2.60. The Kier molecular flexibility index (Phi) is 8.18. The summed E-state index contributed by atoms with van der Waals surface area (Å²) in [5.41, 5.74) is 1.17. The average Bonchev–Trinajstić information content (AvgIpc) is 3.07. The number of methoxy groups -OCH3 is 1. The highest BCUT2D eigenvalue weighted by Crippen LogP contribution is 2.34. The van der Waals surface area contributed by atoms with Gasteiger partial charge in [0.2, 0.25) is 0 Å². The molecule has 3 rings (SSSR count). The van der Waals surface area contributed by atoms with Gasteiger partial charge in [-0.2, -0.15) is 0 Å². The van der Waals surface area contributed by atoms with Crippen molar-refractivity contribution in [1.82, 2.24) is 15.2 Å². The van der Waals surface area contributed by atoms with E-state index in [1.54, 1.807) is 42.6 Å². The maximum atomic E-state index is 12.7. The molecule has 168 valence electrons. The Morgan fingerprint density at radius 2 is 2.09 bits per heavy atom. The number of imide groups is 1. The summed E-state index contributed by atoms with van der Waals surface area (Å²) in [5.74, 6) is 0.455. The van der Waals surface area contributed by atoms with Gasteiger partial charge < -0.3 is 14.8 Å². The number of rotatable bonds is 9. The zero-order valence-electron chi connectivity index (χ0n) is 17.9. The van der Waals surface area contributed by atoms with Crippen molar-refractivity contribution in [2.24, 2.45) is 0 Å². The van der Waals surface area contributed by atoms with Gasteiger partial charge in [-0.25, -0.2) is 4.98 Å². The Bertz CT molecular complexity index is 1060. The van der Waals surface area contributed by atoms with Crippen molar-refractivity contribution < 1.29 is 23.9 Å². The van der Waals surface area contributed by atoms with Gasteiger partial charge in [0.1, 0.15) is 5.03 Å². The number of aromatic nitrogens is 1. The molecule has 1 aromatic heterocycles. The molecule has 32 heavy (non-hydrogen) atoms. The number of ether oxygens (including phenoxy) is 2. The second-order valence-corrected chi connectivity index (χ2v) is 8.28. The lowest BCUT2D eigenvalue weighted by atomic mass is 10.2. The summed E-state index contributed by atoms with van der Waals surface area (Å²) in [7, 11) is 1.54. The summed E-state index contributed by atoms with van der Waals surface area (Å²) in [6.07, 6.45) is 5.10. The van der Waals surface area contributed by atoms with Gasteiger partial charge in [-0.05, 0) is 60.8 Å². The Labute approximate surface area is 194 Å². The van der Waals surface area contributed by atoms with Crippen LogP contribution in [0, 0.1) is 0 Å². The lowest BCUT2D eigenvalue weighted by molar-refractivity contribution is -0.122. The van der Waals surface area contributed by atoms with E-state index in [0.717, 1.165) is 16.7 Å². The van der Waals surface area contributed by atoms with Crippen LogP contribution in [-0.4, -0.2) is 60.0 Å². The number of pyridine rings is 1. The van der Waals surface area contributed by atoms with E-state index in [2.05, 4.69) is 10.3 Å². The molecule has 0 atom stereocenters. The maximum absolute atomic E-state index is 12.7. The van der Waals surface area contributed by atoms with Gasteiger partial charge in [0.25, 0.3) is 17.1 Å². The molecule has 0 saturated carbocycles. The topological polar surface area (TPSA) is 97.8 Å². The minimum atomic E-state index is -0.395. The quantitative estimate of drug-likeness (QED) is 0.435. The third kappa shape index (κ3) is 5.43. The van der Waals surface area contributed by atoms with Crippen LogP contribution in [0.3, 0.4) is 0 Å². The van der Waals surface area contributed by atoms with Crippen molar-refractivity contribution in [2.45, 2.75) is 11.9 Å². The molecule has 0 bridgehead atoms. The van der Waals surface area contributed by atoms with E-state index in [0.29, 0.717) is 39.2 Å². The van der Waals surface area contributed by atoms with Crippen molar-refractivity contribution in [1.29, 1.82) is 0 Å². The molecule has 1 aromatic carbocycles. The van der Waals surface area contributed by atoms with Gasteiger partial charge >= 0.3 is 0 Å². The van der Waals surface area contributed by atoms with E-state index in [1.807, 2.05) is 13.2 Å². The molecule has 0 radical (unpaired) electrons. The molecule has 1 N–H and O–H groups in total. The van der Waals surface area contributed by atoms with E-state index in [-0.39, 0.29) is 24.2 Å². The van der Waals surface area contributed by atoms with Crippen LogP contribution in [0.25, 0.3) is 6.08 Å². The molecular weight excluding hydrogens is 450 g/mol. The van der Waals surface area contributed by atoms with Crippen LogP contribution in [0.2, 0.25) is 0 Å². The minimum absolute atomic E-state index is 0.0786. The van der Waals surface area contributed by atoms with E-state index >= 15 is 0 Å². The highest BCUT2D eigenvalue weighted by Gasteiger charge is 2.34. The second-order valence-electron chi connectivity index (χ2n) is 6.49. The predicted octanol–water partition coefficient (Wildman–Crippen LogP) is 3.68. The number of hydrogen-bond acceptors (Lipinski definition) is 8. The van der Waals surface area contributed by atoms with Crippen LogP contribution < -0.4 is 14.8 Å². The van der Waals surface area contributed by atoms with Crippen molar-refractivity contribution in [3.05, 3.63) is 52.6 Å². The van der Waals surface area contributed by atoms with Crippen LogP contribution in [0.4, 0.5) is 4.79 Å². The molecule has 1 aliphatic rings. The fraction of sp³-hybridized carbons (Fsp3) is 0.273. The molecule has 1 fully saturated rings. The Morgan fingerprint density at radius 1 is 1.28 bits per heavy atom. The van der Waals surface area contributed by atoms with Gasteiger partial charge in [-0.3, -0.25) is 19.3 Å². The second kappa shape index (κ2) is 11.1. The first-order valence-electron chi connectivity index (χ1n) is 9.81. The zero-order valence-corrected chi connectivity index (χ0v) is 19.5. The molecule has 2 heterocycles. The first-order valence-corrected chi connectivity index (χ1v) is 11.9. The molecular formula is C22H23N3O5S2. The number of nitrogens with zero attached hydrogens (tertiary/aromatic N) is 2. The van der Waals surface area contributed by atoms with Crippen molar-refractivity contribution in [2.75, 3.05) is 33.1 Å². The monoisotopic (exact) mass is 473 g/mol. The largest absolute Gasteiger partial charge is 0.493 e. The Hall–Kier alpha value is -2.98. The molecule has 0 spiro atoms. The first kappa shape index (κ1) is 23.7. The van der Waals surface area contributed by atoms with Crippen LogP contribution in [0.15, 0.2) is 46.5 Å². The van der Waals surface area contributed by atoms with Crippen molar-refractivity contribution in [3.8, 4) is 11.5 Å². The fourth-order valence-corrected chi connectivity index (χ4v) is 4.41. The summed E-state index contributed by atoms with van der Waals surface area (Å²) in [4.78, 5) is 43.1. The van der Waals surface area contributed by atoms with Crippen LogP contribution in [0.1, 0.15) is 22.8 Å². The number of benzene rings is 1. The van der Waals surface area contributed by atoms with Crippen molar-refractivity contribution >= 4 is 46.7 Å². The molecule has 3 amide bonds. The Balaban J connectivity index is 1.64. The normalized spacial score (nSPS) is 14.7. The SMILES string of the molecule is CCOc1ccc(C=C2SC(=O)N(CCNC(=O)c3cccnc3SC)C2=O)cc1OC. The molecule has 0 unspecified atom stereocenters. The maximum Gasteiger partial charge on any atom is 0.293 e. The first-order chi connectivity index (χ1) is 15.5. The van der Waals surface area contributed by atoms with Crippen LogP contribution in [-0.2, 0) is 4.79 Å². The smallest absolute Gasteiger partial charge is 0.293 e. The number of carbonyl (C=O) groups excluding carboxylic acids is 3. The summed E-state index contributed by atoms with van der Waals surface area (Å²) >= 11 is 2.24.